The predicted octanol–water partition coefficient (Wildman–Crippen LogP) is 7.13. The van der Waals surface area contributed by atoms with Gasteiger partial charge < -0.3 is 26.0 Å². The van der Waals surface area contributed by atoms with Crippen molar-refractivity contribution in [2.75, 3.05) is 24.5 Å². The molecule has 0 aliphatic carbocycles. The van der Waals surface area contributed by atoms with Crippen LogP contribution in [0.5, 0.6) is 5.75 Å². The maximum absolute atomic E-state index is 10.3. The molecule has 0 aliphatic heterocycles. The fourth-order valence-electron chi connectivity index (χ4n) is 2.05. The van der Waals surface area contributed by atoms with Crippen molar-refractivity contribution in [3.8, 4) is 5.75 Å². The number of carboxylic acid groups (broad SMARTS) is 2. The molecule has 0 fully saturated rings. The van der Waals surface area contributed by atoms with E-state index in [-0.39, 0.29) is 10.2 Å². The van der Waals surface area contributed by atoms with E-state index in [0.29, 0.717) is 11.3 Å². The van der Waals surface area contributed by atoms with Gasteiger partial charge in [-0.25, -0.2) is 9.59 Å². The van der Waals surface area contributed by atoms with Gasteiger partial charge in [-0.15, -0.1) is 0 Å². The smallest absolute Gasteiger partial charge is 0.338 e. The number of nitrogen functional groups attached to an aromatic ring is 1. The number of phenolic OH excluding ortho intramolecular Hbond substituents is 1. The minimum Gasteiger partial charge on any atom is -0.508 e. The van der Waals surface area contributed by atoms with Crippen molar-refractivity contribution in [1.29, 1.82) is 0 Å². The molecule has 1 heterocycles. The van der Waals surface area contributed by atoms with E-state index < -0.39 is 11.9 Å². The third kappa shape index (κ3) is 23.5. The van der Waals surface area contributed by atoms with E-state index >= 15 is 0 Å². The van der Waals surface area contributed by atoms with Crippen LogP contribution in [0.25, 0.3) is 0 Å². The fourth-order valence-corrected chi connectivity index (χ4v) is 2.28. The molecule has 39 heavy (non-hydrogen) atoms. The molecule has 0 saturated carbocycles. The Hall–Kier alpha value is -3.38. The first-order valence-corrected chi connectivity index (χ1v) is 14.0. The zero-order valence-electron chi connectivity index (χ0n) is 21.9. The first kappa shape index (κ1) is 40.1. The Bertz CT molecular complexity index is 1130. The first-order chi connectivity index (χ1) is 18.8. The number of aromatic amines is 1. The quantitative estimate of drug-likeness (QED) is 0.0689. The van der Waals surface area contributed by atoms with Crippen molar-refractivity contribution in [3.63, 3.8) is 0 Å². The van der Waals surface area contributed by atoms with Gasteiger partial charge in [0.2, 0.25) is 0 Å². The number of phenols is 1. The largest absolute Gasteiger partial charge is 0.508 e. The lowest BCUT2D eigenvalue weighted by Gasteiger charge is -1.90. The van der Waals surface area contributed by atoms with Crippen molar-refractivity contribution in [3.05, 3.63) is 125 Å². The number of hydrogen-bond donors (Lipinski definition) is 8. The zero-order chi connectivity index (χ0) is 30.5. The summed E-state index contributed by atoms with van der Waals surface area (Å²) in [4.78, 5) is 23.2. The molecule has 7 nitrogen and oxygen atoms in total. The average Bonchev–Trinajstić information content (AvgIpc) is 2.99. The highest BCUT2D eigenvalue weighted by Gasteiger charge is 2.01. The summed E-state index contributed by atoms with van der Waals surface area (Å²) in [5.74, 6) is -1.56. The monoisotopic (exact) mass is 608 g/mol. The molecular weight excluding hydrogens is 573 g/mol. The predicted molar refractivity (Wildman–Crippen MR) is 176 cm³/mol. The number of rotatable bonds is 2. The number of aromatic carboxylic acids is 2. The summed E-state index contributed by atoms with van der Waals surface area (Å²) in [7, 11) is 0. The second-order valence-corrected chi connectivity index (χ2v) is 6.54. The number of H-pyrrole nitrogens is 1. The summed E-state index contributed by atoms with van der Waals surface area (Å²) < 4.78 is 0.259. The topological polar surface area (TPSA) is 137 Å². The number of benzene rings is 3. The number of anilines is 1. The van der Waals surface area contributed by atoms with Gasteiger partial charge in [0.15, 0.2) is 0 Å². The molecular formula is C28H36N2O5S4. The van der Waals surface area contributed by atoms with Crippen LogP contribution in [0.1, 0.15) is 20.7 Å². The lowest BCUT2D eigenvalue weighted by Crippen LogP contribution is -1.97. The molecule has 0 radical (unpaired) electrons. The lowest BCUT2D eigenvalue weighted by atomic mass is 10.2. The maximum atomic E-state index is 10.3. The van der Waals surface area contributed by atoms with Crippen molar-refractivity contribution in [2.24, 2.45) is 0 Å². The molecule has 0 bridgehead atoms. The highest BCUT2D eigenvalue weighted by atomic mass is 32.1. The van der Waals surface area contributed by atoms with E-state index in [1.54, 1.807) is 85.6 Å². The van der Waals surface area contributed by atoms with Crippen LogP contribution in [0.15, 0.2) is 109 Å². The Morgan fingerprint density at radius 3 is 1.31 bits per heavy atom. The SMILES string of the molecule is CS.CS.CS.Nc1ccccc1.O=C(O)c1ccc[nH]c1=S.O=C(O)c1ccccc1.Oc1ccccc1. The normalized spacial score (nSPS) is 7.95. The number of nitrogens with two attached hydrogens (primary N) is 1. The number of aromatic nitrogens is 1. The fraction of sp³-hybridized carbons (Fsp3) is 0.107. The Kier molecular flexibility index (Phi) is 30.0. The number of carboxylic acids is 2. The summed E-state index contributed by atoms with van der Waals surface area (Å²) in [6.45, 7) is 0. The summed E-state index contributed by atoms with van der Waals surface area (Å²) in [6.07, 6.45) is 6.68. The summed E-state index contributed by atoms with van der Waals surface area (Å²) in [5, 5.41) is 25.5. The molecule has 3 aromatic carbocycles. The van der Waals surface area contributed by atoms with Gasteiger partial charge in [0.1, 0.15) is 10.4 Å². The van der Waals surface area contributed by atoms with Gasteiger partial charge in [-0.1, -0.05) is 66.8 Å². The highest BCUT2D eigenvalue weighted by molar-refractivity contribution is 7.79. The van der Waals surface area contributed by atoms with E-state index in [1.807, 2.05) is 36.4 Å². The number of nitrogens with one attached hydrogen (secondary N) is 1. The third-order valence-electron chi connectivity index (χ3n) is 3.63. The van der Waals surface area contributed by atoms with E-state index in [4.69, 9.17) is 33.3 Å². The second-order valence-electron chi connectivity index (χ2n) is 6.14. The Labute approximate surface area is 252 Å². The zero-order valence-corrected chi connectivity index (χ0v) is 25.4. The van der Waals surface area contributed by atoms with E-state index in [0.717, 1.165) is 5.69 Å². The van der Waals surface area contributed by atoms with Crippen LogP contribution in [0.2, 0.25) is 0 Å². The van der Waals surface area contributed by atoms with Gasteiger partial charge in [-0.2, -0.15) is 37.9 Å². The number of carbonyl (C=O) groups is 2. The summed E-state index contributed by atoms with van der Waals surface area (Å²) in [5.41, 5.74) is 6.65. The van der Waals surface area contributed by atoms with Crippen LogP contribution in [0.3, 0.4) is 0 Å². The Morgan fingerprint density at radius 1 is 0.667 bits per heavy atom. The second kappa shape index (κ2) is 29.2. The first-order valence-electron chi connectivity index (χ1n) is 10.9. The molecule has 0 atom stereocenters. The van der Waals surface area contributed by atoms with Crippen LogP contribution < -0.4 is 5.73 Å². The Balaban J connectivity index is -0.000000419. The van der Waals surface area contributed by atoms with Crippen LogP contribution in [0.4, 0.5) is 5.69 Å². The minimum atomic E-state index is -0.998. The molecule has 6 N–H and O–H groups in total. The maximum Gasteiger partial charge on any atom is 0.338 e. The standard InChI is InChI=1S/C7H6O2.C6H5NO2S.C6H7N.C6H6O.3CH4S/c8-7(9)6-4-2-1-3-5-6;8-6(9)4-2-1-3-7-5(4)10;2*7-6-4-2-1-3-5-6;3*1-2/h1-5H,(H,8,9);1-3H,(H,7,10)(H,8,9);1-5H,7H2;1-5,7H;3*2H,1H3. The van der Waals surface area contributed by atoms with Gasteiger partial charge in [-0.3, -0.25) is 0 Å². The molecule has 0 unspecified atom stereocenters. The molecule has 0 amide bonds. The minimum absolute atomic E-state index is 0.137. The third-order valence-corrected chi connectivity index (χ3v) is 3.96. The van der Waals surface area contributed by atoms with Crippen molar-refractivity contribution in [1.82, 2.24) is 4.98 Å². The van der Waals surface area contributed by atoms with Gasteiger partial charge in [0, 0.05) is 11.9 Å². The molecule has 11 heteroatoms. The van der Waals surface area contributed by atoms with Crippen molar-refractivity contribution in [2.45, 2.75) is 0 Å². The number of thiol groups is 3. The average molecular weight is 609 g/mol. The summed E-state index contributed by atoms with van der Waals surface area (Å²) >= 11 is 15.3. The highest BCUT2D eigenvalue weighted by Crippen LogP contribution is 2.03. The molecule has 0 aliphatic rings. The summed E-state index contributed by atoms with van der Waals surface area (Å²) in [6, 6.07) is 29.6. The van der Waals surface area contributed by atoms with Gasteiger partial charge in [-0.05, 0) is 67.3 Å². The number of pyridine rings is 1. The van der Waals surface area contributed by atoms with E-state index in [9.17, 15) is 9.59 Å². The van der Waals surface area contributed by atoms with Crippen molar-refractivity contribution < 1.29 is 24.9 Å². The van der Waals surface area contributed by atoms with Crippen molar-refractivity contribution >= 4 is 67.7 Å². The van der Waals surface area contributed by atoms with E-state index in [1.165, 1.54) is 6.07 Å². The molecule has 1 aromatic heterocycles. The Morgan fingerprint density at radius 2 is 1.08 bits per heavy atom. The van der Waals surface area contributed by atoms with Gasteiger partial charge in [0.25, 0.3) is 0 Å². The number of para-hydroxylation sites is 2. The molecule has 212 valence electrons. The van der Waals surface area contributed by atoms with Gasteiger partial charge in [0.05, 0.1) is 11.1 Å². The van der Waals surface area contributed by atoms with Crippen LogP contribution in [0, 0.1) is 4.64 Å². The molecule has 0 spiro atoms. The molecule has 4 aromatic rings. The van der Waals surface area contributed by atoms with Crippen LogP contribution >= 0.6 is 50.1 Å². The number of aromatic hydroxyl groups is 1. The van der Waals surface area contributed by atoms with Crippen LogP contribution in [-0.2, 0) is 0 Å². The lowest BCUT2D eigenvalue weighted by molar-refractivity contribution is 0.0685. The number of hydrogen-bond acceptors (Lipinski definition) is 8. The molecule has 4 rings (SSSR count). The van der Waals surface area contributed by atoms with Gasteiger partial charge >= 0.3 is 11.9 Å². The van der Waals surface area contributed by atoms with E-state index in [2.05, 4.69) is 42.9 Å². The van der Waals surface area contributed by atoms with Crippen LogP contribution in [-0.4, -0.2) is 51.0 Å². The molecule has 0 saturated heterocycles.